The molecular weight excluding hydrogens is 238 g/mol. The molecule has 0 aromatic heterocycles. The van der Waals surface area contributed by atoms with Crippen LogP contribution in [0.3, 0.4) is 0 Å². The maximum Gasteiger partial charge on any atom is 0.122 e. The van der Waals surface area contributed by atoms with Crippen LogP contribution in [0.5, 0.6) is 5.75 Å². The Labute approximate surface area is 117 Å². The van der Waals surface area contributed by atoms with Crippen LogP contribution in [-0.2, 0) is 5.41 Å². The zero-order valence-electron chi connectivity index (χ0n) is 13.0. The second-order valence-electron chi connectivity index (χ2n) is 6.03. The SMILES string of the molecule is COc1cc(C)c(C(C)(C)CNCO)cc1C(C)C. The highest BCUT2D eigenvalue weighted by molar-refractivity contribution is 5.46. The van der Waals surface area contributed by atoms with Crippen LogP contribution in [0, 0.1) is 6.92 Å². The van der Waals surface area contributed by atoms with Crippen LogP contribution < -0.4 is 10.1 Å². The Morgan fingerprint density at radius 2 is 1.95 bits per heavy atom. The average molecular weight is 265 g/mol. The van der Waals surface area contributed by atoms with Crippen molar-refractivity contribution in [2.45, 2.75) is 46.0 Å². The Hall–Kier alpha value is -1.06. The van der Waals surface area contributed by atoms with Gasteiger partial charge in [-0.25, -0.2) is 0 Å². The van der Waals surface area contributed by atoms with Crippen molar-refractivity contribution in [3.8, 4) is 5.75 Å². The number of hydrogen-bond acceptors (Lipinski definition) is 3. The zero-order valence-corrected chi connectivity index (χ0v) is 13.0. The largest absolute Gasteiger partial charge is 0.496 e. The molecule has 3 nitrogen and oxygen atoms in total. The maximum atomic E-state index is 8.94. The quantitative estimate of drug-likeness (QED) is 0.777. The van der Waals surface area contributed by atoms with Gasteiger partial charge in [0, 0.05) is 12.0 Å². The van der Waals surface area contributed by atoms with Crippen LogP contribution in [0.4, 0.5) is 0 Å². The van der Waals surface area contributed by atoms with E-state index in [-0.39, 0.29) is 12.1 Å². The van der Waals surface area contributed by atoms with E-state index < -0.39 is 0 Å². The molecule has 0 saturated carbocycles. The molecule has 3 heteroatoms. The molecule has 0 spiro atoms. The molecule has 1 rings (SSSR count). The molecule has 0 fully saturated rings. The van der Waals surface area contributed by atoms with Gasteiger partial charge in [-0.2, -0.15) is 0 Å². The number of methoxy groups -OCH3 is 1. The third-order valence-electron chi connectivity index (χ3n) is 3.61. The predicted octanol–water partition coefficient (Wildman–Crippen LogP) is 2.94. The van der Waals surface area contributed by atoms with Crippen molar-refractivity contribution >= 4 is 0 Å². The highest BCUT2D eigenvalue weighted by atomic mass is 16.5. The van der Waals surface area contributed by atoms with Crippen molar-refractivity contribution in [3.05, 3.63) is 28.8 Å². The number of aryl methyl sites for hydroxylation is 1. The van der Waals surface area contributed by atoms with Gasteiger partial charge in [0.25, 0.3) is 0 Å². The molecule has 19 heavy (non-hydrogen) atoms. The molecular formula is C16H27NO2. The van der Waals surface area contributed by atoms with Crippen molar-refractivity contribution in [1.29, 1.82) is 0 Å². The highest BCUT2D eigenvalue weighted by Gasteiger charge is 2.24. The van der Waals surface area contributed by atoms with Gasteiger partial charge in [-0.1, -0.05) is 33.8 Å². The Kier molecular flexibility index (Phi) is 5.39. The molecule has 0 saturated heterocycles. The molecule has 0 heterocycles. The first-order valence-corrected chi connectivity index (χ1v) is 6.84. The summed E-state index contributed by atoms with van der Waals surface area (Å²) in [5.41, 5.74) is 3.74. The molecule has 0 aliphatic heterocycles. The number of aliphatic hydroxyl groups is 1. The topological polar surface area (TPSA) is 41.5 Å². The molecule has 0 atom stereocenters. The van der Waals surface area contributed by atoms with E-state index in [1.807, 2.05) is 0 Å². The molecule has 0 unspecified atom stereocenters. The van der Waals surface area contributed by atoms with Gasteiger partial charge in [0.2, 0.25) is 0 Å². The standard InChI is InChI=1S/C16H27NO2/c1-11(2)13-8-14(12(3)7-15(13)19-6)16(4,5)9-17-10-18/h7-8,11,17-18H,9-10H2,1-6H3. The summed E-state index contributed by atoms with van der Waals surface area (Å²) < 4.78 is 5.48. The second kappa shape index (κ2) is 6.40. The zero-order chi connectivity index (χ0) is 14.6. The van der Waals surface area contributed by atoms with Gasteiger partial charge in [0.1, 0.15) is 5.75 Å². The molecule has 0 bridgehead atoms. The molecule has 1 aromatic rings. The van der Waals surface area contributed by atoms with Crippen LogP contribution in [0.1, 0.15) is 50.3 Å². The third kappa shape index (κ3) is 3.71. The van der Waals surface area contributed by atoms with Crippen LogP contribution in [0.2, 0.25) is 0 Å². The normalized spacial score (nSPS) is 12.0. The lowest BCUT2D eigenvalue weighted by molar-refractivity contribution is 0.247. The lowest BCUT2D eigenvalue weighted by Crippen LogP contribution is -2.34. The van der Waals surface area contributed by atoms with E-state index in [0.29, 0.717) is 5.92 Å². The van der Waals surface area contributed by atoms with Gasteiger partial charge in [0.15, 0.2) is 0 Å². The van der Waals surface area contributed by atoms with Gasteiger partial charge in [-0.3, -0.25) is 5.32 Å². The van der Waals surface area contributed by atoms with E-state index in [4.69, 9.17) is 9.84 Å². The molecule has 0 radical (unpaired) electrons. The third-order valence-corrected chi connectivity index (χ3v) is 3.61. The fraction of sp³-hybridized carbons (Fsp3) is 0.625. The Morgan fingerprint density at radius 1 is 1.32 bits per heavy atom. The summed E-state index contributed by atoms with van der Waals surface area (Å²) in [7, 11) is 1.72. The van der Waals surface area contributed by atoms with Crippen molar-refractivity contribution < 1.29 is 9.84 Å². The first-order chi connectivity index (χ1) is 8.83. The van der Waals surface area contributed by atoms with E-state index in [9.17, 15) is 0 Å². The Bertz CT molecular complexity index is 425. The molecule has 0 amide bonds. The smallest absolute Gasteiger partial charge is 0.122 e. The number of benzene rings is 1. The van der Waals surface area contributed by atoms with E-state index in [1.165, 1.54) is 16.7 Å². The van der Waals surface area contributed by atoms with Gasteiger partial charge in [-0.15, -0.1) is 0 Å². The lowest BCUT2D eigenvalue weighted by atomic mass is 9.80. The van der Waals surface area contributed by atoms with Crippen molar-refractivity contribution in [2.24, 2.45) is 0 Å². The van der Waals surface area contributed by atoms with Crippen molar-refractivity contribution in [1.82, 2.24) is 5.32 Å². The fourth-order valence-electron chi connectivity index (χ4n) is 2.52. The molecule has 1 aromatic carbocycles. The van der Waals surface area contributed by atoms with E-state index >= 15 is 0 Å². The van der Waals surface area contributed by atoms with E-state index in [2.05, 4.69) is 52.1 Å². The monoisotopic (exact) mass is 265 g/mol. The lowest BCUT2D eigenvalue weighted by Gasteiger charge is -2.29. The van der Waals surface area contributed by atoms with Gasteiger partial charge in [0.05, 0.1) is 13.8 Å². The minimum atomic E-state index is -0.0251. The summed E-state index contributed by atoms with van der Waals surface area (Å²) in [6.45, 7) is 11.6. The number of rotatable bonds is 6. The van der Waals surface area contributed by atoms with Gasteiger partial charge < -0.3 is 9.84 Å². The summed E-state index contributed by atoms with van der Waals surface area (Å²) in [6, 6.07) is 4.36. The second-order valence-corrected chi connectivity index (χ2v) is 6.03. The summed E-state index contributed by atoms with van der Waals surface area (Å²) >= 11 is 0. The predicted molar refractivity (Wildman–Crippen MR) is 79.9 cm³/mol. The number of ether oxygens (including phenoxy) is 1. The van der Waals surface area contributed by atoms with Gasteiger partial charge >= 0.3 is 0 Å². The molecule has 2 N–H and O–H groups in total. The maximum absolute atomic E-state index is 8.94. The minimum Gasteiger partial charge on any atom is -0.496 e. The number of aliphatic hydroxyl groups excluding tert-OH is 1. The molecule has 108 valence electrons. The van der Waals surface area contributed by atoms with E-state index in [1.54, 1.807) is 7.11 Å². The Balaban J connectivity index is 3.24. The number of hydrogen-bond donors (Lipinski definition) is 2. The van der Waals surface area contributed by atoms with Crippen molar-refractivity contribution in [2.75, 3.05) is 20.4 Å². The molecule has 0 aliphatic carbocycles. The number of nitrogens with one attached hydrogen (secondary N) is 1. The van der Waals surface area contributed by atoms with Crippen LogP contribution in [0.15, 0.2) is 12.1 Å². The minimum absolute atomic E-state index is 0.00959. The Morgan fingerprint density at radius 3 is 2.42 bits per heavy atom. The highest BCUT2D eigenvalue weighted by Crippen LogP contribution is 2.34. The average Bonchev–Trinajstić information content (AvgIpc) is 2.35. The first kappa shape index (κ1) is 16.0. The van der Waals surface area contributed by atoms with E-state index in [0.717, 1.165) is 12.3 Å². The van der Waals surface area contributed by atoms with Crippen LogP contribution in [0.25, 0.3) is 0 Å². The molecule has 0 aliphatic rings. The van der Waals surface area contributed by atoms with Gasteiger partial charge in [-0.05, 0) is 35.6 Å². The summed E-state index contributed by atoms with van der Waals surface area (Å²) in [4.78, 5) is 0. The summed E-state index contributed by atoms with van der Waals surface area (Å²) in [5, 5.41) is 12.0. The van der Waals surface area contributed by atoms with Crippen molar-refractivity contribution in [3.63, 3.8) is 0 Å². The first-order valence-electron chi connectivity index (χ1n) is 6.84. The summed E-state index contributed by atoms with van der Waals surface area (Å²) in [6.07, 6.45) is 0. The van der Waals surface area contributed by atoms with Crippen LogP contribution in [-0.4, -0.2) is 25.5 Å². The fourth-order valence-corrected chi connectivity index (χ4v) is 2.52. The van der Waals surface area contributed by atoms with Crippen LogP contribution >= 0.6 is 0 Å². The summed E-state index contributed by atoms with van der Waals surface area (Å²) in [5.74, 6) is 1.39.